The molecule has 0 aromatic heterocycles. The lowest BCUT2D eigenvalue weighted by atomic mass is 9.77. The Hall–Kier alpha value is -1.67. The highest BCUT2D eigenvalue weighted by molar-refractivity contribution is 5.68. The van der Waals surface area contributed by atoms with E-state index >= 15 is 0 Å². The number of carbonyl (C=O) groups is 1. The summed E-state index contributed by atoms with van der Waals surface area (Å²) in [4.78, 5) is 15.6. The van der Waals surface area contributed by atoms with Crippen LogP contribution in [0.5, 0.6) is 5.75 Å². The van der Waals surface area contributed by atoms with E-state index in [1.165, 1.54) is 0 Å². The number of carboxylic acid groups (broad SMARTS) is 1. The second-order valence-corrected chi connectivity index (χ2v) is 11.0. The molecular weight excluding hydrogens is 408 g/mol. The van der Waals surface area contributed by atoms with Gasteiger partial charge in [-0.1, -0.05) is 32.9 Å². The maximum Gasteiger partial charge on any atom is 0.341 e. The van der Waals surface area contributed by atoms with Gasteiger partial charge in [-0.15, -0.1) is 0 Å². The van der Waals surface area contributed by atoms with Crippen LogP contribution in [0.2, 0.25) is 0 Å². The largest absolute Gasteiger partial charge is 0.482 e. The molecule has 0 unspecified atom stereocenters. The van der Waals surface area contributed by atoms with Gasteiger partial charge >= 0.3 is 5.97 Å². The molecule has 2 saturated heterocycles. The first-order chi connectivity index (χ1) is 14.8. The van der Waals surface area contributed by atoms with Gasteiger partial charge in [0.05, 0.1) is 12.2 Å². The van der Waals surface area contributed by atoms with E-state index in [2.05, 4.69) is 42.7 Å². The molecule has 7 nitrogen and oxygen atoms in total. The Bertz CT molecular complexity index is 807. The van der Waals surface area contributed by atoms with Crippen molar-refractivity contribution in [2.45, 2.75) is 76.2 Å². The number of likely N-dealkylation sites (tertiary alicyclic amines) is 1. The quantitative estimate of drug-likeness (QED) is 0.692. The summed E-state index contributed by atoms with van der Waals surface area (Å²) in [5.74, 6) is -0.324. The summed E-state index contributed by atoms with van der Waals surface area (Å²) in [6.07, 6.45) is 2.66. The van der Waals surface area contributed by atoms with Crippen molar-refractivity contribution in [1.82, 2.24) is 9.80 Å². The Morgan fingerprint density at radius 1 is 1.28 bits per heavy atom. The molecule has 0 radical (unpaired) electrons. The molecule has 2 aliphatic heterocycles. The van der Waals surface area contributed by atoms with Crippen LogP contribution in [0.25, 0.3) is 0 Å². The molecule has 2 fully saturated rings. The Morgan fingerprint density at radius 3 is 2.50 bits per heavy atom. The molecule has 2 atom stereocenters. The fourth-order valence-electron chi connectivity index (χ4n) is 4.90. The summed E-state index contributed by atoms with van der Waals surface area (Å²) < 4.78 is 11.9. The van der Waals surface area contributed by atoms with E-state index in [9.17, 15) is 9.90 Å². The predicted octanol–water partition coefficient (Wildman–Crippen LogP) is 2.88. The Morgan fingerprint density at radius 2 is 1.94 bits per heavy atom. The molecule has 1 spiro atoms. The van der Waals surface area contributed by atoms with Crippen LogP contribution >= 0.6 is 0 Å². The minimum Gasteiger partial charge on any atom is -0.482 e. The molecule has 7 heteroatoms. The molecule has 1 aromatic carbocycles. The van der Waals surface area contributed by atoms with Crippen LogP contribution in [-0.4, -0.2) is 83.6 Å². The second-order valence-electron chi connectivity index (χ2n) is 11.0. The molecule has 2 N–H and O–H groups in total. The standard InChI is InChI=1S/C25H40N2O5/c1-23(2,3)19-8-7-18(20(13-19)31-16-22(28)29)15-27-11-9-25(10-12-27)14-21(26(5)6)24(4,30)17-32-25/h7-8,13,21,30H,9-12,14-17H2,1-6H3,(H,28,29)/t21-,24-/m0/s1. The molecule has 0 bridgehead atoms. The van der Waals surface area contributed by atoms with E-state index in [1.54, 1.807) is 0 Å². The summed E-state index contributed by atoms with van der Waals surface area (Å²) in [6.45, 7) is 10.8. The SMILES string of the molecule is CN(C)[C@H]1CC2(CCN(Cc3ccc(C(C)(C)C)cc3OCC(=O)O)CC2)OC[C@]1(C)O. The summed E-state index contributed by atoms with van der Waals surface area (Å²) in [5, 5.41) is 19.8. The Kier molecular flexibility index (Phi) is 7.25. The average Bonchev–Trinajstić information content (AvgIpc) is 2.70. The minimum atomic E-state index is -0.974. The summed E-state index contributed by atoms with van der Waals surface area (Å²) in [5.41, 5.74) is 1.06. The van der Waals surface area contributed by atoms with E-state index in [0.717, 1.165) is 43.5 Å². The van der Waals surface area contributed by atoms with Gasteiger partial charge in [-0.25, -0.2) is 4.79 Å². The molecule has 0 aliphatic carbocycles. The summed E-state index contributed by atoms with van der Waals surface area (Å²) in [7, 11) is 4.04. The highest BCUT2D eigenvalue weighted by Crippen LogP contribution is 2.40. The number of rotatable bonds is 6. The number of carboxylic acids is 1. The number of aliphatic hydroxyl groups is 1. The highest BCUT2D eigenvalue weighted by Gasteiger charge is 2.49. The fraction of sp³-hybridized carbons (Fsp3) is 0.720. The van der Waals surface area contributed by atoms with Crippen LogP contribution in [0.3, 0.4) is 0 Å². The number of likely N-dealkylation sites (N-methyl/N-ethyl adjacent to an activating group) is 1. The molecule has 2 heterocycles. The van der Waals surface area contributed by atoms with Gasteiger partial charge in [0.15, 0.2) is 6.61 Å². The van der Waals surface area contributed by atoms with Crippen molar-refractivity contribution in [3.05, 3.63) is 29.3 Å². The molecule has 0 amide bonds. The number of hydrogen-bond acceptors (Lipinski definition) is 6. The van der Waals surface area contributed by atoms with E-state index in [0.29, 0.717) is 18.9 Å². The zero-order chi connectivity index (χ0) is 23.7. The molecule has 32 heavy (non-hydrogen) atoms. The van der Waals surface area contributed by atoms with Crippen LogP contribution in [0.1, 0.15) is 58.1 Å². The van der Waals surface area contributed by atoms with Gasteiger partial charge < -0.3 is 24.6 Å². The van der Waals surface area contributed by atoms with Gasteiger partial charge in [0, 0.05) is 31.2 Å². The van der Waals surface area contributed by atoms with E-state index in [4.69, 9.17) is 14.6 Å². The Balaban J connectivity index is 1.68. The van der Waals surface area contributed by atoms with E-state index in [1.807, 2.05) is 27.1 Å². The number of aliphatic carboxylic acids is 1. The van der Waals surface area contributed by atoms with Crippen molar-refractivity contribution >= 4 is 5.97 Å². The molecule has 0 saturated carbocycles. The second kappa shape index (κ2) is 9.29. The summed E-state index contributed by atoms with van der Waals surface area (Å²) >= 11 is 0. The van der Waals surface area contributed by atoms with Crippen molar-refractivity contribution < 1.29 is 24.5 Å². The zero-order valence-corrected chi connectivity index (χ0v) is 20.5. The van der Waals surface area contributed by atoms with Crippen LogP contribution in [0.15, 0.2) is 18.2 Å². The number of piperidine rings is 1. The van der Waals surface area contributed by atoms with Gasteiger partial charge in [-0.3, -0.25) is 4.90 Å². The molecule has 1 aromatic rings. The first-order valence-electron chi connectivity index (χ1n) is 11.5. The van der Waals surface area contributed by atoms with Crippen molar-refractivity contribution in [2.24, 2.45) is 0 Å². The van der Waals surface area contributed by atoms with Crippen molar-refractivity contribution in [1.29, 1.82) is 0 Å². The fourth-order valence-corrected chi connectivity index (χ4v) is 4.90. The van der Waals surface area contributed by atoms with E-state index < -0.39 is 11.6 Å². The first kappa shape index (κ1) is 25.0. The lowest BCUT2D eigenvalue weighted by molar-refractivity contribution is -0.207. The van der Waals surface area contributed by atoms with Gasteiger partial charge in [0.2, 0.25) is 0 Å². The third kappa shape index (κ3) is 5.81. The topological polar surface area (TPSA) is 82.5 Å². The third-order valence-corrected chi connectivity index (χ3v) is 7.02. The third-order valence-electron chi connectivity index (χ3n) is 7.02. The van der Waals surface area contributed by atoms with Crippen LogP contribution in [0.4, 0.5) is 0 Å². The molecule has 2 aliphatic rings. The number of ether oxygens (including phenoxy) is 2. The Labute approximate surface area is 192 Å². The number of hydrogen-bond donors (Lipinski definition) is 2. The zero-order valence-electron chi connectivity index (χ0n) is 20.5. The summed E-state index contributed by atoms with van der Waals surface area (Å²) in [6, 6.07) is 6.24. The van der Waals surface area contributed by atoms with Gasteiger partial charge in [0.1, 0.15) is 11.4 Å². The number of benzene rings is 1. The van der Waals surface area contributed by atoms with Gasteiger partial charge in [-0.05, 0) is 57.3 Å². The lowest BCUT2D eigenvalue weighted by Crippen LogP contribution is -2.62. The minimum absolute atomic E-state index is 0.0418. The molecular formula is C25H40N2O5. The van der Waals surface area contributed by atoms with E-state index in [-0.39, 0.29) is 23.7 Å². The maximum absolute atomic E-state index is 11.1. The number of nitrogens with zero attached hydrogens (tertiary/aromatic N) is 2. The van der Waals surface area contributed by atoms with Gasteiger partial charge in [-0.2, -0.15) is 0 Å². The monoisotopic (exact) mass is 448 g/mol. The van der Waals surface area contributed by atoms with Crippen LogP contribution in [-0.2, 0) is 21.5 Å². The van der Waals surface area contributed by atoms with Crippen molar-refractivity contribution in [3.8, 4) is 5.75 Å². The predicted molar refractivity (Wildman–Crippen MR) is 124 cm³/mol. The highest BCUT2D eigenvalue weighted by atomic mass is 16.5. The van der Waals surface area contributed by atoms with Crippen molar-refractivity contribution in [3.63, 3.8) is 0 Å². The molecule has 180 valence electrons. The van der Waals surface area contributed by atoms with Crippen molar-refractivity contribution in [2.75, 3.05) is 40.4 Å². The lowest BCUT2D eigenvalue weighted by Gasteiger charge is -2.52. The average molecular weight is 449 g/mol. The smallest absolute Gasteiger partial charge is 0.341 e. The normalized spacial score (nSPS) is 26.4. The maximum atomic E-state index is 11.1. The first-order valence-corrected chi connectivity index (χ1v) is 11.5. The van der Waals surface area contributed by atoms with Crippen LogP contribution in [0, 0.1) is 0 Å². The van der Waals surface area contributed by atoms with Gasteiger partial charge in [0.25, 0.3) is 0 Å². The molecule has 3 rings (SSSR count). The van der Waals surface area contributed by atoms with Crippen LogP contribution < -0.4 is 4.74 Å².